The second kappa shape index (κ2) is 6.82. The largest absolute Gasteiger partial charge is 0.345 e. The first-order valence-electron chi connectivity index (χ1n) is 8.03. The maximum atomic E-state index is 12.6. The van der Waals surface area contributed by atoms with Crippen molar-refractivity contribution < 1.29 is 13.2 Å². The van der Waals surface area contributed by atoms with Crippen molar-refractivity contribution >= 4 is 33.2 Å². The second-order valence-electron chi connectivity index (χ2n) is 6.15. The zero-order valence-electron chi connectivity index (χ0n) is 14.1. The van der Waals surface area contributed by atoms with Crippen LogP contribution in [0, 0.1) is 6.92 Å². The van der Waals surface area contributed by atoms with E-state index in [1.165, 1.54) is 21.1 Å². The van der Waals surface area contributed by atoms with Crippen LogP contribution < -0.4 is 5.32 Å². The lowest BCUT2D eigenvalue weighted by molar-refractivity contribution is 0.101. The Kier molecular flexibility index (Phi) is 4.90. The number of rotatable bonds is 4. The van der Waals surface area contributed by atoms with Crippen molar-refractivity contribution in [3.05, 3.63) is 46.7 Å². The second-order valence-corrected chi connectivity index (χ2v) is 8.49. The summed E-state index contributed by atoms with van der Waals surface area (Å²) in [6.45, 7) is 2.87. The summed E-state index contributed by atoms with van der Waals surface area (Å²) in [4.78, 5) is 12.7. The lowest BCUT2D eigenvalue weighted by Gasteiger charge is -2.13. The van der Waals surface area contributed by atoms with Crippen LogP contribution in [0.15, 0.2) is 35.4 Å². The lowest BCUT2D eigenvalue weighted by Crippen LogP contribution is -2.27. The average molecular weight is 382 g/mol. The Labute approximate surface area is 152 Å². The highest BCUT2D eigenvalue weighted by molar-refractivity contribution is 7.89. The summed E-state index contributed by atoms with van der Waals surface area (Å²) in [6, 6.07) is 6.67. The van der Waals surface area contributed by atoms with Gasteiger partial charge in [0.1, 0.15) is 10.6 Å². The molecule has 25 heavy (non-hydrogen) atoms. The van der Waals surface area contributed by atoms with Gasteiger partial charge in [0.05, 0.1) is 0 Å². The van der Waals surface area contributed by atoms with Crippen molar-refractivity contribution in [1.29, 1.82) is 0 Å². The topological polar surface area (TPSA) is 71.4 Å². The fourth-order valence-electron chi connectivity index (χ4n) is 2.91. The van der Waals surface area contributed by atoms with E-state index < -0.39 is 10.0 Å². The number of anilines is 1. The molecule has 0 aliphatic carbocycles. The van der Waals surface area contributed by atoms with E-state index >= 15 is 0 Å². The zero-order chi connectivity index (χ0) is 18.2. The zero-order valence-corrected chi connectivity index (χ0v) is 15.7. The number of aromatic nitrogens is 1. The minimum Gasteiger partial charge on any atom is -0.345 e. The Bertz CT molecular complexity index is 915. The highest BCUT2D eigenvalue weighted by atomic mass is 35.5. The molecule has 3 rings (SSSR count). The maximum Gasteiger partial charge on any atom is 0.272 e. The van der Waals surface area contributed by atoms with Crippen LogP contribution in [0.25, 0.3) is 0 Å². The number of hydrogen-bond acceptors (Lipinski definition) is 3. The number of benzene rings is 1. The van der Waals surface area contributed by atoms with Crippen LogP contribution in [0.5, 0.6) is 0 Å². The summed E-state index contributed by atoms with van der Waals surface area (Å²) in [5.41, 5.74) is 1.64. The van der Waals surface area contributed by atoms with Crippen molar-refractivity contribution in [3.63, 3.8) is 0 Å². The molecule has 8 heteroatoms. The molecule has 1 aliphatic rings. The molecule has 0 atom stereocenters. The number of halogens is 1. The van der Waals surface area contributed by atoms with Crippen molar-refractivity contribution in [3.8, 4) is 0 Å². The van der Waals surface area contributed by atoms with E-state index in [4.69, 9.17) is 11.6 Å². The minimum absolute atomic E-state index is 0.143. The van der Waals surface area contributed by atoms with Crippen molar-refractivity contribution in [2.24, 2.45) is 7.05 Å². The van der Waals surface area contributed by atoms with Crippen LogP contribution >= 0.6 is 11.6 Å². The molecule has 2 aromatic rings. The maximum absolute atomic E-state index is 12.6. The third kappa shape index (κ3) is 3.44. The monoisotopic (exact) mass is 381 g/mol. The molecule has 1 aromatic carbocycles. The highest BCUT2D eigenvalue weighted by Gasteiger charge is 2.29. The smallest absolute Gasteiger partial charge is 0.272 e. The molecule has 1 amide bonds. The fourth-order valence-corrected chi connectivity index (χ4v) is 4.67. The van der Waals surface area contributed by atoms with Crippen LogP contribution in [-0.4, -0.2) is 36.3 Å². The lowest BCUT2D eigenvalue weighted by atomic mass is 10.2. The van der Waals surface area contributed by atoms with Gasteiger partial charge in [-0.3, -0.25) is 4.79 Å². The highest BCUT2D eigenvalue weighted by Crippen LogP contribution is 2.25. The molecule has 0 saturated carbocycles. The number of sulfonamides is 1. The molecule has 1 aromatic heterocycles. The number of amides is 1. The molecule has 6 nitrogen and oxygen atoms in total. The number of nitrogens with one attached hydrogen (secondary N) is 1. The van der Waals surface area contributed by atoms with Crippen LogP contribution in [0.4, 0.5) is 5.69 Å². The molecule has 0 unspecified atom stereocenters. The van der Waals surface area contributed by atoms with E-state index in [0.717, 1.165) is 18.4 Å². The predicted octanol–water partition coefficient (Wildman–Crippen LogP) is 3.02. The standard InChI is InChI=1S/C17H20ClN3O3S/c1-12-14(18)6-5-7-15(12)19-17(22)16-10-13(11-20(16)2)25(23,24)21-8-3-4-9-21/h5-7,10-11H,3-4,8-9H2,1-2H3,(H,19,22). The van der Waals surface area contributed by atoms with Crippen molar-refractivity contribution in [2.45, 2.75) is 24.7 Å². The third-order valence-corrected chi connectivity index (χ3v) is 6.70. The number of hydrogen-bond donors (Lipinski definition) is 1. The summed E-state index contributed by atoms with van der Waals surface area (Å²) in [5.74, 6) is -0.379. The number of nitrogens with zero attached hydrogens (tertiary/aromatic N) is 2. The average Bonchev–Trinajstić information content (AvgIpc) is 3.21. The van der Waals surface area contributed by atoms with Crippen LogP contribution in [-0.2, 0) is 17.1 Å². The third-order valence-electron chi connectivity index (χ3n) is 4.43. The van der Waals surface area contributed by atoms with Gasteiger partial charge in [-0.05, 0) is 43.5 Å². The molecule has 134 valence electrons. The van der Waals surface area contributed by atoms with Gasteiger partial charge < -0.3 is 9.88 Å². The number of aryl methyl sites for hydroxylation is 1. The van der Waals surface area contributed by atoms with E-state index in [0.29, 0.717) is 23.8 Å². The first kappa shape index (κ1) is 18.0. The van der Waals surface area contributed by atoms with Crippen LogP contribution in [0.3, 0.4) is 0 Å². The van der Waals surface area contributed by atoms with Gasteiger partial charge in [-0.15, -0.1) is 0 Å². The van der Waals surface area contributed by atoms with E-state index in [9.17, 15) is 13.2 Å². The normalized spacial score (nSPS) is 15.5. The van der Waals surface area contributed by atoms with Gasteiger partial charge in [-0.1, -0.05) is 17.7 Å². The first-order chi connectivity index (χ1) is 11.8. The molecule has 0 radical (unpaired) electrons. The quantitative estimate of drug-likeness (QED) is 0.884. The van der Waals surface area contributed by atoms with Crippen LogP contribution in [0.2, 0.25) is 5.02 Å². The summed E-state index contributed by atoms with van der Waals surface area (Å²) >= 11 is 6.07. The fraction of sp³-hybridized carbons (Fsp3) is 0.353. The Hall–Kier alpha value is -1.83. The van der Waals surface area contributed by atoms with Gasteiger partial charge >= 0.3 is 0 Å². The molecule has 1 saturated heterocycles. The van der Waals surface area contributed by atoms with Crippen molar-refractivity contribution in [2.75, 3.05) is 18.4 Å². The molecule has 2 heterocycles. The summed E-state index contributed by atoms with van der Waals surface area (Å²) in [7, 11) is -1.89. The molecular formula is C17H20ClN3O3S. The summed E-state index contributed by atoms with van der Waals surface area (Å²) < 4.78 is 28.3. The summed E-state index contributed by atoms with van der Waals surface area (Å²) in [5, 5.41) is 3.35. The first-order valence-corrected chi connectivity index (χ1v) is 9.85. The molecule has 0 spiro atoms. The van der Waals surface area contributed by atoms with Gasteiger partial charge in [-0.2, -0.15) is 4.31 Å². The SMILES string of the molecule is Cc1c(Cl)cccc1NC(=O)c1cc(S(=O)(=O)N2CCCC2)cn1C. The van der Waals surface area contributed by atoms with Gasteiger partial charge in [0.2, 0.25) is 10.0 Å². The molecular weight excluding hydrogens is 362 g/mol. The molecule has 1 N–H and O–H groups in total. The van der Waals surface area contributed by atoms with E-state index in [1.807, 2.05) is 6.92 Å². The molecule has 1 aliphatic heterocycles. The number of carbonyl (C=O) groups excluding carboxylic acids is 1. The Balaban J connectivity index is 1.87. The predicted molar refractivity (Wildman–Crippen MR) is 97.5 cm³/mol. The van der Waals surface area contributed by atoms with Gasteiger partial charge in [0.25, 0.3) is 5.91 Å². The van der Waals surface area contributed by atoms with E-state index in [-0.39, 0.29) is 16.5 Å². The van der Waals surface area contributed by atoms with E-state index in [2.05, 4.69) is 5.32 Å². The van der Waals surface area contributed by atoms with Gasteiger partial charge in [0, 0.05) is 37.0 Å². The van der Waals surface area contributed by atoms with Crippen LogP contribution in [0.1, 0.15) is 28.9 Å². The Morgan fingerprint density at radius 1 is 1.24 bits per heavy atom. The van der Waals surface area contributed by atoms with E-state index in [1.54, 1.807) is 25.2 Å². The molecule has 0 bridgehead atoms. The minimum atomic E-state index is -3.55. The Morgan fingerprint density at radius 2 is 1.92 bits per heavy atom. The van der Waals surface area contributed by atoms with Gasteiger partial charge in [-0.25, -0.2) is 8.42 Å². The van der Waals surface area contributed by atoms with Gasteiger partial charge in [0.15, 0.2) is 0 Å². The van der Waals surface area contributed by atoms with Crippen molar-refractivity contribution in [1.82, 2.24) is 8.87 Å². The Morgan fingerprint density at radius 3 is 2.60 bits per heavy atom. The molecule has 1 fully saturated rings. The summed E-state index contributed by atoms with van der Waals surface area (Å²) in [6.07, 6.45) is 3.22. The number of carbonyl (C=O) groups is 1.